The molecule has 0 aliphatic heterocycles. The van der Waals surface area contributed by atoms with Crippen LogP contribution in [0.3, 0.4) is 0 Å². The van der Waals surface area contributed by atoms with Crippen LogP contribution in [0, 0.1) is 13.8 Å². The van der Waals surface area contributed by atoms with Crippen molar-refractivity contribution >= 4 is 29.0 Å². The Kier molecular flexibility index (Phi) is 7.08. The third-order valence-corrected chi connectivity index (χ3v) is 4.94. The lowest BCUT2D eigenvalue weighted by Gasteiger charge is -2.10. The molecule has 1 heterocycles. The van der Waals surface area contributed by atoms with Gasteiger partial charge in [-0.2, -0.15) is 0 Å². The zero-order valence-corrected chi connectivity index (χ0v) is 17.5. The number of aromatic nitrogens is 2. The topological polar surface area (TPSA) is 76.1 Å². The number of amides is 1. The normalized spacial score (nSPS) is 10.4. The minimum absolute atomic E-state index is 0.0881. The fourth-order valence-corrected chi connectivity index (χ4v) is 3.49. The van der Waals surface area contributed by atoms with Gasteiger partial charge in [-0.1, -0.05) is 23.9 Å². The number of thioether (sulfide) groups is 1. The molecule has 0 saturated heterocycles. The highest BCUT2D eigenvalue weighted by atomic mass is 32.2. The van der Waals surface area contributed by atoms with Crippen LogP contribution in [0.4, 0.5) is 11.4 Å². The van der Waals surface area contributed by atoms with Crippen LogP contribution in [0.1, 0.15) is 17.0 Å². The summed E-state index contributed by atoms with van der Waals surface area (Å²) in [6.45, 7) is 4.53. The van der Waals surface area contributed by atoms with Crippen molar-refractivity contribution in [2.24, 2.45) is 0 Å². The van der Waals surface area contributed by atoms with E-state index in [9.17, 15) is 4.79 Å². The van der Waals surface area contributed by atoms with E-state index in [4.69, 9.17) is 4.74 Å². The summed E-state index contributed by atoms with van der Waals surface area (Å²) in [5.74, 6) is 1.01. The first-order chi connectivity index (χ1) is 14.0. The van der Waals surface area contributed by atoms with Gasteiger partial charge in [0.1, 0.15) is 5.75 Å². The summed E-state index contributed by atoms with van der Waals surface area (Å²) in [5.41, 5.74) is 4.66. The van der Waals surface area contributed by atoms with E-state index in [1.54, 1.807) is 7.11 Å². The minimum atomic E-state index is -0.0881. The number of aryl methyl sites for hydroxylation is 2. The van der Waals surface area contributed by atoms with E-state index < -0.39 is 0 Å². The van der Waals surface area contributed by atoms with E-state index in [0.29, 0.717) is 11.7 Å². The van der Waals surface area contributed by atoms with Gasteiger partial charge in [0, 0.05) is 29.3 Å². The third-order valence-electron chi connectivity index (χ3n) is 4.09. The molecule has 1 aromatic heterocycles. The molecule has 2 aromatic carbocycles. The number of ether oxygens (including phenoxy) is 1. The van der Waals surface area contributed by atoms with Crippen LogP contribution >= 0.6 is 11.8 Å². The number of rotatable bonds is 8. The van der Waals surface area contributed by atoms with Crippen molar-refractivity contribution in [1.82, 2.24) is 9.97 Å². The molecule has 0 aliphatic carbocycles. The molecule has 1 amide bonds. The first-order valence-electron chi connectivity index (χ1n) is 9.23. The predicted molar refractivity (Wildman–Crippen MR) is 118 cm³/mol. The molecule has 0 spiro atoms. The lowest BCUT2D eigenvalue weighted by Crippen LogP contribution is -2.14. The van der Waals surface area contributed by atoms with Crippen molar-refractivity contribution in [3.63, 3.8) is 0 Å². The van der Waals surface area contributed by atoms with Crippen LogP contribution in [0.2, 0.25) is 0 Å². The van der Waals surface area contributed by atoms with Crippen molar-refractivity contribution < 1.29 is 9.53 Å². The summed E-state index contributed by atoms with van der Waals surface area (Å²) in [7, 11) is 1.66. The van der Waals surface area contributed by atoms with E-state index >= 15 is 0 Å². The van der Waals surface area contributed by atoms with Gasteiger partial charge in [0.15, 0.2) is 5.16 Å². The molecule has 0 bridgehead atoms. The van der Waals surface area contributed by atoms with E-state index in [1.165, 1.54) is 11.8 Å². The molecule has 0 radical (unpaired) electrons. The maximum Gasteiger partial charge on any atom is 0.234 e. The van der Waals surface area contributed by atoms with Crippen LogP contribution in [-0.4, -0.2) is 28.7 Å². The van der Waals surface area contributed by atoms with Crippen molar-refractivity contribution in [2.75, 3.05) is 23.5 Å². The van der Waals surface area contributed by atoms with Crippen LogP contribution in [-0.2, 0) is 11.3 Å². The average molecular weight is 409 g/mol. The number of anilines is 2. The van der Waals surface area contributed by atoms with Gasteiger partial charge in [0.05, 0.1) is 12.9 Å². The molecule has 0 aliphatic rings. The Bertz CT molecular complexity index is 957. The average Bonchev–Trinajstić information content (AvgIpc) is 2.71. The highest BCUT2D eigenvalue weighted by Gasteiger charge is 2.07. The molecule has 3 aromatic rings. The highest BCUT2D eigenvalue weighted by molar-refractivity contribution is 7.99. The van der Waals surface area contributed by atoms with Gasteiger partial charge in [-0.05, 0) is 61.9 Å². The maximum absolute atomic E-state index is 12.2. The Morgan fingerprint density at radius 3 is 2.38 bits per heavy atom. The first kappa shape index (κ1) is 20.7. The first-order valence-corrected chi connectivity index (χ1v) is 10.2. The Morgan fingerprint density at radius 2 is 1.69 bits per heavy atom. The van der Waals surface area contributed by atoms with Crippen molar-refractivity contribution in [3.05, 3.63) is 71.5 Å². The molecular formula is C22H24N4O2S. The molecule has 29 heavy (non-hydrogen) atoms. The molecule has 7 heteroatoms. The van der Waals surface area contributed by atoms with Gasteiger partial charge in [-0.15, -0.1) is 0 Å². The molecule has 150 valence electrons. The fourth-order valence-electron chi connectivity index (χ4n) is 2.74. The number of nitrogens with zero attached hydrogens (tertiary/aromatic N) is 2. The van der Waals surface area contributed by atoms with Crippen LogP contribution in [0.5, 0.6) is 5.75 Å². The lowest BCUT2D eigenvalue weighted by molar-refractivity contribution is -0.113. The number of carbonyl (C=O) groups is 1. The van der Waals surface area contributed by atoms with Gasteiger partial charge in [-0.3, -0.25) is 4.79 Å². The standard InChI is InChI=1S/C22H24N4O2S/c1-15-11-16(2)25-22(24-15)29-14-21(27)26-19-9-7-18(8-10-19)23-13-17-5-4-6-20(12-17)28-3/h4-12,23H,13-14H2,1-3H3,(H,26,27). The maximum atomic E-state index is 12.2. The van der Waals surface area contributed by atoms with Crippen LogP contribution in [0.25, 0.3) is 0 Å². The monoisotopic (exact) mass is 408 g/mol. The van der Waals surface area contributed by atoms with Crippen molar-refractivity contribution in [3.8, 4) is 5.75 Å². The Labute approximate surface area is 175 Å². The summed E-state index contributed by atoms with van der Waals surface area (Å²) < 4.78 is 5.24. The zero-order chi connectivity index (χ0) is 20.6. The smallest absolute Gasteiger partial charge is 0.234 e. The second kappa shape index (κ2) is 9.93. The van der Waals surface area contributed by atoms with E-state index in [2.05, 4.69) is 20.6 Å². The second-order valence-electron chi connectivity index (χ2n) is 6.55. The van der Waals surface area contributed by atoms with Gasteiger partial charge in [0.25, 0.3) is 0 Å². The number of hydrogen-bond donors (Lipinski definition) is 2. The molecule has 0 unspecified atom stereocenters. The number of hydrogen-bond acceptors (Lipinski definition) is 6. The highest BCUT2D eigenvalue weighted by Crippen LogP contribution is 2.18. The van der Waals surface area contributed by atoms with Crippen molar-refractivity contribution in [1.29, 1.82) is 0 Å². The summed E-state index contributed by atoms with van der Waals surface area (Å²) in [6.07, 6.45) is 0. The van der Waals surface area contributed by atoms with Gasteiger partial charge in [0.2, 0.25) is 5.91 Å². The number of methoxy groups -OCH3 is 1. The quantitative estimate of drug-likeness (QED) is 0.424. The summed E-state index contributed by atoms with van der Waals surface area (Å²) >= 11 is 1.33. The third kappa shape index (κ3) is 6.50. The Balaban J connectivity index is 1.48. The van der Waals surface area contributed by atoms with Gasteiger partial charge < -0.3 is 15.4 Å². The largest absolute Gasteiger partial charge is 0.497 e. The number of benzene rings is 2. The number of carbonyl (C=O) groups excluding carboxylic acids is 1. The van der Waals surface area contributed by atoms with E-state index in [-0.39, 0.29) is 11.7 Å². The molecule has 0 fully saturated rings. The minimum Gasteiger partial charge on any atom is -0.497 e. The van der Waals surface area contributed by atoms with Gasteiger partial charge in [-0.25, -0.2) is 9.97 Å². The van der Waals surface area contributed by atoms with E-state index in [1.807, 2.05) is 68.4 Å². The van der Waals surface area contributed by atoms with Crippen molar-refractivity contribution in [2.45, 2.75) is 25.5 Å². The Hall–Kier alpha value is -3.06. The second-order valence-corrected chi connectivity index (χ2v) is 7.50. The van der Waals surface area contributed by atoms with Crippen LogP contribution in [0.15, 0.2) is 59.8 Å². The predicted octanol–water partition coefficient (Wildman–Crippen LogP) is 4.44. The fraction of sp³-hybridized carbons (Fsp3) is 0.227. The molecule has 3 rings (SSSR count). The SMILES string of the molecule is COc1cccc(CNc2ccc(NC(=O)CSc3nc(C)cc(C)n3)cc2)c1. The molecule has 2 N–H and O–H groups in total. The molecule has 0 saturated carbocycles. The van der Waals surface area contributed by atoms with Gasteiger partial charge >= 0.3 is 0 Å². The summed E-state index contributed by atoms with van der Waals surface area (Å²) in [5, 5.41) is 6.88. The zero-order valence-electron chi connectivity index (χ0n) is 16.7. The van der Waals surface area contributed by atoms with E-state index in [0.717, 1.165) is 34.1 Å². The van der Waals surface area contributed by atoms with Crippen LogP contribution < -0.4 is 15.4 Å². The lowest BCUT2D eigenvalue weighted by atomic mass is 10.2. The number of nitrogens with one attached hydrogen (secondary N) is 2. The molecule has 0 atom stereocenters. The Morgan fingerprint density at radius 1 is 1.00 bits per heavy atom. The molecular weight excluding hydrogens is 384 g/mol. The molecule has 6 nitrogen and oxygen atoms in total. The summed E-state index contributed by atoms with van der Waals surface area (Å²) in [4.78, 5) is 20.9. The summed E-state index contributed by atoms with van der Waals surface area (Å²) in [6, 6.07) is 17.5.